The van der Waals surface area contributed by atoms with Crippen molar-refractivity contribution in [2.45, 2.75) is 38.3 Å². The van der Waals surface area contributed by atoms with Gasteiger partial charge in [-0.15, -0.1) is 0 Å². The molecule has 0 aliphatic carbocycles. The number of pyridine rings is 1. The number of aliphatic hydroxyl groups is 1. The molecule has 1 unspecified atom stereocenters. The number of nitrogens with zero attached hydrogens (tertiary/aromatic N) is 2. The number of rotatable bonds is 2. The Balaban J connectivity index is 2.11. The first-order valence-electron chi connectivity index (χ1n) is 6.23. The Morgan fingerprint density at radius 2 is 2.29 bits per heavy atom. The lowest BCUT2D eigenvalue weighted by atomic mass is 9.98. The lowest BCUT2D eigenvalue weighted by Crippen LogP contribution is -2.28. The molecular formula is C13H21N3O. The van der Waals surface area contributed by atoms with Crippen molar-refractivity contribution < 1.29 is 5.11 Å². The van der Waals surface area contributed by atoms with Gasteiger partial charge in [0.15, 0.2) is 0 Å². The minimum Gasteiger partial charge on any atom is -0.390 e. The van der Waals surface area contributed by atoms with E-state index in [0.29, 0.717) is 6.54 Å². The topological polar surface area (TPSA) is 62.4 Å². The SMILES string of the molecule is CC1(O)CCCN(c2cc(CN)ccn2)CC1. The van der Waals surface area contributed by atoms with E-state index in [-0.39, 0.29) is 0 Å². The largest absolute Gasteiger partial charge is 0.390 e. The van der Waals surface area contributed by atoms with E-state index < -0.39 is 5.60 Å². The molecule has 1 aliphatic rings. The summed E-state index contributed by atoms with van der Waals surface area (Å²) in [6, 6.07) is 3.98. The highest BCUT2D eigenvalue weighted by molar-refractivity contribution is 5.41. The van der Waals surface area contributed by atoms with E-state index in [1.807, 2.05) is 19.1 Å². The molecule has 1 saturated heterocycles. The molecule has 1 aromatic heterocycles. The third kappa shape index (κ3) is 3.17. The summed E-state index contributed by atoms with van der Waals surface area (Å²) in [4.78, 5) is 6.63. The predicted octanol–water partition coefficient (Wildman–Crippen LogP) is 1.28. The van der Waals surface area contributed by atoms with Crippen molar-refractivity contribution in [3.63, 3.8) is 0 Å². The molecule has 2 heterocycles. The van der Waals surface area contributed by atoms with Gasteiger partial charge in [-0.2, -0.15) is 0 Å². The fraction of sp³-hybridized carbons (Fsp3) is 0.615. The average molecular weight is 235 g/mol. The molecule has 1 fully saturated rings. The van der Waals surface area contributed by atoms with Gasteiger partial charge in [-0.05, 0) is 43.9 Å². The van der Waals surface area contributed by atoms with Crippen molar-refractivity contribution in [3.05, 3.63) is 23.9 Å². The second-order valence-corrected chi connectivity index (χ2v) is 5.06. The van der Waals surface area contributed by atoms with E-state index in [1.54, 1.807) is 6.20 Å². The van der Waals surface area contributed by atoms with E-state index in [0.717, 1.165) is 43.7 Å². The minimum absolute atomic E-state index is 0.528. The first-order valence-corrected chi connectivity index (χ1v) is 6.23. The van der Waals surface area contributed by atoms with Crippen molar-refractivity contribution >= 4 is 5.82 Å². The average Bonchev–Trinajstić information content (AvgIpc) is 2.50. The highest BCUT2D eigenvalue weighted by Gasteiger charge is 2.25. The number of anilines is 1. The predicted molar refractivity (Wildman–Crippen MR) is 68.8 cm³/mol. The standard InChI is InChI=1S/C13H21N3O/c1-13(17)4-2-7-16(8-5-13)12-9-11(10-14)3-6-15-12/h3,6,9,17H,2,4-5,7-8,10,14H2,1H3. The first kappa shape index (κ1) is 12.3. The van der Waals surface area contributed by atoms with Crippen molar-refractivity contribution in [2.24, 2.45) is 5.73 Å². The van der Waals surface area contributed by atoms with Crippen molar-refractivity contribution in [2.75, 3.05) is 18.0 Å². The quantitative estimate of drug-likeness (QED) is 0.810. The second kappa shape index (κ2) is 5.02. The Bertz CT molecular complexity index is 379. The summed E-state index contributed by atoms with van der Waals surface area (Å²) in [6.45, 7) is 4.27. The lowest BCUT2D eigenvalue weighted by Gasteiger charge is -2.23. The number of hydrogen-bond acceptors (Lipinski definition) is 4. The molecule has 4 nitrogen and oxygen atoms in total. The molecular weight excluding hydrogens is 214 g/mol. The lowest BCUT2D eigenvalue weighted by molar-refractivity contribution is 0.0481. The van der Waals surface area contributed by atoms with Gasteiger partial charge in [-0.1, -0.05) is 0 Å². The summed E-state index contributed by atoms with van der Waals surface area (Å²) in [5.41, 5.74) is 6.21. The molecule has 0 amide bonds. The van der Waals surface area contributed by atoms with Crippen LogP contribution in [0.3, 0.4) is 0 Å². The van der Waals surface area contributed by atoms with Crippen molar-refractivity contribution in [1.82, 2.24) is 4.98 Å². The molecule has 0 saturated carbocycles. The van der Waals surface area contributed by atoms with E-state index in [4.69, 9.17) is 5.73 Å². The van der Waals surface area contributed by atoms with Crippen LogP contribution in [0.25, 0.3) is 0 Å². The summed E-state index contributed by atoms with van der Waals surface area (Å²) >= 11 is 0. The zero-order chi connectivity index (χ0) is 12.3. The monoisotopic (exact) mass is 235 g/mol. The van der Waals surface area contributed by atoms with Crippen LogP contribution in [-0.4, -0.2) is 28.8 Å². The molecule has 3 N–H and O–H groups in total. The molecule has 0 spiro atoms. The summed E-state index contributed by atoms with van der Waals surface area (Å²) in [5.74, 6) is 0.977. The second-order valence-electron chi connectivity index (χ2n) is 5.06. The maximum absolute atomic E-state index is 10.1. The Hall–Kier alpha value is -1.13. The molecule has 0 radical (unpaired) electrons. The highest BCUT2D eigenvalue weighted by Crippen LogP contribution is 2.24. The van der Waals surface area contributed by atoms with E-state index in [2.05, 4.69) is 9.88 Å². The normalized spacial score (nSPS) is 25.7. The van der Waals surface area contributed by atoms with Gasteiger partial charge < -0.3 is 15.7 Å². The molecule has 94 valence electrons. The van der Waals surface area contributed by atoms with Crippen LogP contribution < -0.4 is 10.6 Å². The van der Waals surface area contributed by atoms with Crippen LogP contribution in [0.15, 0.2) is 18.3 Å². The Labute approximate surface area is 102 Å². The van der Waals surface area contributed by atoms with Crippen LogP contribution in [0, 0.1) is 0 Å². The van der Waals surface area contributed by atoms with Gasteiger partial charge in [0.25, 0.3) is 0 Å². The summed E-state index contributed by atoms with van der Waals surface area (Å²) in [7, 11) is 0. The van der Waals surface area contributed by atoms with Gasteiger partial charge in [0, 0.05) is 25.8 Å². The molecule has 1 atom stereocenters. The van der Waals surface area contributed by atoms with Gasteiger partial charge in [0.1, 0.15) is 5.82 Å². The summed E-state index contributed by atoms with van der Waals surface area (Å²) < 4.78 is 0. The van der Waals surface area contributed by atoms with Crippen LogP contribution in [-0.2, 0) is 6.54 Å². The Morgan fingerprint density at radius 3 is 3.06 bits per heavy atom. The minimum atomic E-state index is -0.528. The first-order chi connectivity index (χ1) is 8.11. The molecule has 0 aromatic carbocycles. The third-order valence-corrected chi connectivity index (χ3v) is 3.43. The van der Waals surface area contributed by atoms with Crippen LogP contribution in [0.5, 0.6) is 0 Å². The number of nitrogens with two attached hydrogens (primary N) is 1. The third-order valence-electron chi connectivity index (χ3n) is 3.43. The van der Waals surface area contributed by atoms with Gasteiger partial charge in [0.2, 0.25) is 0 Å². The number of aromatic nitrogens is 1. The fourth-order valence-corrected chi connectivity index (χ4v) is 2.25. The fourth-order valence-electron chi connectivity index (χ4n) is 2.25. The van der Waals surface area contributed by atoms with Gasteiger partial charge >= 0.3 is 0 Å². The molecule has 4 heteroatoms. The van der Waals surface area contributed by atoms with Crippen LogP contribution in [0.4, 0.5) is 5.82 Å². The Morgan fingerprint density at radius 1 is 1.47 bits per heavy atom. The van der Waals surface area contributed by atoms with Gasteiger partial charge in [-0.3, -0.25) is 0 Å². The maximum atomic E-state index is 10.1. The van der Waals surface area contributed by atoms with Crippen molar-refractivity contribution in [1.29, 1.82) is 0 Å². The zero-order valence-corrected chi connectivity index (χ0v) is 10.4. The smallest absolute Gasteiger partial charge is 0.128 e. The van der Waals surface area contributed by atoms with Gasteiger partial charge in [-0.25, -0.2) is 4.98 Å². The Kier molecular flexibility index (Phi) is 3.64. The van der Waals surface area contributed by atoms with E-state index >= 15 is 0 Å². The van der Waals surface area contributed by atoms with E-state index in [1.165, 1.54) is 0 Å². The van der Waals surface area contributed by atoms with Crippen LogP contribution in [0.2, 0.25) is 0 Å². The van der Waals surface area contributed by atoms with Gasteiger partial charge in [0.05, 0.1) is 5.60 Å². The molecule has 0 bridgehead atoms. The summed E-state index contributed by atoms with van der Waals surface area (Å²) in [6.07, 6.45) is 4.46. The maximum Gasteiger partial charge on any atom is 0.128 e. The molecule has 2 rings (SSSR count). The van der Waals surface area contributed by atoms with Crippen LogP contribution in [0.1, 0.15) is 31.7 Å². The summed E-state index contributed by atoms with van der Waals surface area (Å²) in [5, 5.41) is 10.1. The zero-order valence-electron chi connectivity index (χ0n) is 10.4. The van der Waals surface area contributed by atoms with Crippen LogP contribution >= 0.6 is 0 Å². The molecule has 1 aromatic rings. The van der Waals surface area contributed by atoms with E-state index in [9.17, 15) is 5.11 Å². The molecule has 17 heavy (non-hydrogen) atoms. The molecule has 1 aliphatic heterocycles. The highest BCUT2D eigenvalue weighted by atomic mass is 16.3. The number of hydrogen-bond donors (Lipinski definition) is 2. The van der Waals surface area contributed by atoms with Crippen molar-refractivity contribution in [3.8, 4) is 0 Å².